The van der Waals surface area contributed by atoms with Gasteiger partial charge in [0.15, 0.2) is 0 Å². The number of benzene rings is 2. The van der Waals surface area contributed by atoms with Gasteiger partial charge in [0.1, 0.15) is 15.6 Å². The molecule has 4 aromatic rings. The van der Waals surface area contributed by atoms with E-state index in [4.69, 9.17) is 32.1 Å². The van der Waals surface area contributed by atoms with Gasteiger partial charge in [0.2, 0.25) is 5.88 Å². The molecule has 0 saturated carbocycles. The lowest BCUT2D eigenvalue weighted by molar-refractivity contribution is 0.103. The molecule has 0 bridgehead atoms. The smallest absolute Gasteiger partial charge is 0.276 e. The maximum absolute atomic E-state index is 13.0. The topological polar surface area (TPSA) is 94.6 Å². The zero-order chi connectivity index (χ0) is 25.4. The van der Waals surface area contributed by atoms with Crippen LogP contribution in [0.2, 0.25) is 10.2 Å². The maximum Gasteiger partial charge on any atom is 0.276 e. The van der Waals surface area contributed by atoms with Crippen LogP contribution in [0, 0.1) is 0 Å². The first-order valence-corrected chi connectivity index (χ1v) is 13.2. The fraction of sp³-hybridized carbons (Fsp3) is 0.167. The van der Waals surface area contributed by atoms with Crippen molar-refractivity contribution in [2.75, 3.05) is 12.4 Å². The molecule has 0 aliphatic carbocycles. The second kappa shape index (κ2) is 9.75. The van der Waals surface area contributed by atoms with Gasteiger partial charge in [-0.05, 0) is 73.3 Å². The molecule has 0 aliphatic rings. The van der Waals surface area contributed by atoms with Gasteiger partial charge in [0.05, 0.1) is 12.0 Å². The number of thiophene rings is 1. The van der Waals surface area contributed by atoms with Gasteiger partial charge in [-0.25, -0.2) is 4.98 Å². The van der Waals surface area contributed by atoms with Gasteiger partial charge in [-0.1, -0.05) is 29.3 Å². The number of nitrogens with one attached hydrogen (secondary N) is 1. The van der Waals surface area contributed by atoms with Gasteiger partial charge in [-0.3, -0.25) is 8.98 Å². The fourth-order valence-electron chi connectivity index (χ4n) is 3.30. The van der Waals surface area contributed by atoms with E-state index in [0.29, 0.717) is 26.9 Å². The summed E-state index contributed by atoms with van der Waals surface area (Å²) in [7, 11) is -2.68. The Kier molecular flexibility index (Phi) is 7.08. The van der Waals surface area contributed by atoms with Gasteiger partial charge in [0.25, 0.3) is 16.0 Å². The van der Waals surface area contributed by atoms with E-state index in [1.807, 2.05) is 0 Å². The minimum absolute atomic E-state index is 0.148. The van der Waals surface area contributed by atoms with Crippen molar-refractivity contribution in [1.82, 2.24) is 4.98 Å². The van der Waals surface area contributed by atoms with Crippen molar-refractivity contribution in [3.63, 3.8) is 0 Å². The average Bonchev–Trinajstić information content (AvgIpc) is 3.24. The molecular weight excluding hydrogens is 531 g/mol. The molecule has 4 rings (SSSR count). The van der Waals surface area contributed by atoms with Crippen LogP contribution in [0.15, 0.2) is 60.7 Å². The molecule has 2 aromatic carbocycles. The third kappa shape index (κ3) is 5.44. The number of carbonyl (C=O) groups excluding carboxylic acids is 1. The van der Waals surface area contributed by atoms with Gasteiger partial charge in [-0.15, -0.1) is 11.3 Å². The number of nitrogens with zero attached hydrogens (tertiary/aromatic N) is 1. The second-order valence-corrected chi connectivity index (χ2v) is 12.2. The molecule has 1 N–H and O–H groups in total. The van der Waals surface area contributed by atoms with Crippen LogP contribution in [0.5, 0.6) is 11.6 Å². The lowest BCUT2D eigenvalue weighted by Gasteiger charge is -2.23. The third-order valence-electron chi connectivity index (χ3n) is 5.34. The number of halogens is 2. The zero-order valence-corrected chi connectivity index (χ0v) is 22.0. The minimum Gasteiger partial charge on any atom is -0.439 e. The van der Waals surface area contributed by atoms with E-state index in [1.165, 1.54) is 17.4 Å². The Bertz CT molecular complexity index is 1520. The van der Waals surface area contributed by atoms with E-state index < -0.39 is 14.9 Å². The first-order valence-electron chi connectivity index (χ1n) is 10.2. The van der Waals surface area contributed by atoms with Crippen LogP contribution in [0.3, 0.4) is 0 Å². The van der Waals surface area contributed by atoms with Crippen molar-refractivity contribution in [1.29, 1.82) is 0 Å². The lowest BCUT2D eigenvalue weighted by Crippen LogP contribution is -2.30. The lowest BCUT2D eigenvalue weighted by atomic mass is 10.0. The molecule has 182 valence electrons. The van der Waals surface area contributed by atoms with Crippen molar-refractivity contribution in [3.05, 3.63) is 81.3 Å². The Labute approximate surface area is 216 Å². The monoisotopic (exact) mass is 550 g/mol. The summed E-state index contributed by atoms with van der Waals surface area (Å²) in [6.45, 7) is 3.15. The van der Waals surface area contributed by atoms with E-state index in [2.05, 4.69) is 10.3 Å². The molecule has 0 fully saturated rings. The van der Waals surface area contributed by atoms with E-state index in [9.17, 15) is 13.2 Å². The molecule has 11 heteroatoms. The minimum atomic E-state index is -3.82. The summed E-state index contributed by atoms with van der Waals surface area (Å²) >= 11 is 13.3. The molecule has 0 aliphatic heterocycles. The van der Waals surface area contributed by atoms with Gasteiger partial charge in [0, 0.05) is 21.5 Å². The number of hydrogen-bond donors (Lipinski definition) is 1. The molecule has 0 unspecified atom stereocenters. The number of amides is 1. The molecule has 35 heavy (non-hydrogen) atoms. The Morgan fingerprint density at radius 3 is 2.43 bits per heavy atom. The van der Waals surface area contributed by atoms with Crippen LogP contribution in [0.25, 0.3) is 10.1 Å². The van der Waals surface area contributed by atoms with Crippen molar-refractivity contribution in [2.24, 2.45) is 0 Å². The zero-order valence-electron chi connectivity index (χ0n) is 18.8. The highest BCUT2D eigenvalue weighted by molar-refractivity contribution is 7.87. The number of anilines is 1. The number of pyridine rings is 1. The molecule has 1 amide bonds. The van der Waals surface area contributed by atoms with Crippen LogP contribution in [0.1, 0.15) is 29.1 Å². The quantitative estimate of drug-likeness (QED) is 0.199. The van der Waals surface area contributed by atoms with Crippen LogP contribution in [-0.4, -0.2) is 26.4 Å². The number of hydrogen-bond acceptors (Lipinski definition) is 7. The van der Waals surface area contributed by atoms with Crippen LogP contribution in [0.4, 0.5) is 5.69 Å². The molecule has 0 saturated heterocycles. The highest BCUT2D eigenvalue weighted by Gasteiger charge is 2.36. The van der Waals surface area contributed by atoms with Crippen molar-refractivity contribution in [2.45, 2.75) is 18.6 Å². The average molecular weight is 551 g/mol. The summed E-state index contributed by atoms with van der Waals surface area (Å²) in [5, 5.41) is 4.27. The first-order chi connectivity index (χ1) is 16.5. The van der Waals surface area contributed by atoms with Crippen molar-refractivity contribution < 1.29 is 22.1 Å². The van der Waals surface area contributed by atoms with E-state index >= 15 is 0 Å². The molecule has 7 nitrogen and oxygen atoms in total. The third-order valence-corrected chi connectivity index (χ3v) is 8.83. The highest BCUT2D eigenvalue weighted by Crippen LogP contribution is 2.35. The molecule has 2 aromatic heterocycles. The van der Waals surface area contributed by atoms with E-state index in [1.54, 1.807) is 68.4 Å². The summed E-state index contributed by atoms with van der Waals surface area (Å²) in [5.74, 6) is 0.370. The largest absolute Gasteiger partial charge is 0.439 e. The van der Waals surface area contributed by atoms with Crippen molar-refractivity contribution >= 4 is 66.3 Å². The predicted molar refractivity (Wildman–Crippen MR) is 140 cm³/mol. The summed E-state index contributed by atoms with van der Waals surface area (Å²) < 4.78 is 34.7. The number of aromatic nitrogens is 1. The summed E-state index contributed by atoms with van der Waals surface area (Å²) in [4.78, 5) is 17.5. The Morgan fingerprint density at radius 1 is 1.03 bits per heavy atom. The second-order valence-electron chi connectivity index (χ2n) is 8.02. The van der Waals surface area contributed by atoms with Crippen molar-refractivity contribution in [3.8, 4) is 11.6 Å². The van der Waals surface area contributed by atoms with Crippen LogP contribution >= 0.6 is 34.5 Å². The Balaban J connectivity index is 1.57. The van der Waals surface area contributed by atoms with E-state index in [-0.39, 0.29) is 16.9 Å². The number of rotatable bonds is 7. The van der Waals surface area contributed by atoms with E-state index in [0.717, 1.165) is 17.2 Å². The van der Waals surface area contributed by atoms with Crippen LogP contribution in [-0.2, 0) is 19.0 Å². The first kappa shape index (κ1) is 25.4. The molecule has 0 radical (unpaired) electrons. The fourth-order valence-corrected chi connectivity index (χ4v) is 5.39. The van der Waals surface area contributed by atoms with Crippen LogP contribution < -0.4 is 10.1 Å². The highest BCUT2D eigenvalue weighted by atomic mass is 35.5. The standard InChI is InChI=1S/C24H20Cl2N2O5S2/c1-24(2,35(30,31)32-3)15-4-9-19-14(10-15)11-20(34-19)23(29)27-17-12-21(26)28-22(13-17)33-18-7-5-16(25)6-8-18/h4-13H,1-3H3,(H,27,28,29). The van der Waals surface area contributed by atoms with Gasteiger partial charge < -0.3 is 10.1 Å². The summed E-state index contributed by atoms with van der Waals surface area (Å²) in [5.41, 5.74) is 0.964. The normalized spacial score (nSPS) is 12.0. The number of ether oxygens (including phenoxy) is 1. The molecule has 0 atom stereocenters. The summed E-state index contributed by atoms with van der Waals surface area (Å²) in [6, 6.07) is 16.8. The number of fused-ring (bicyclic) bond motifs is 1. The number of carbonyl (C=O) groups is 1. The molecule has 2 heterocycles. The predicted octanol–water partition coefficient (Wildman–Crippen LogP) is 6.86. The van der Waals surface area contributed by atoms with Gasteiger partial charge >= 0.3 is 0 Å². The van der Waals surface area contributed by atoms with Gasteiger partial charge in [-0.2, -0.15) is 8.42 Å². The summed E-state index contributed by atoms with van der Waals surface area (Å²) in [6.07, 6.45) is 0. The molecular formula is C24H20Cl2N2O5S2. The Morgan fingerprint density at radius 2 is 1.74 bits per heavy atom. The Hall–Kier alpha value is -2.69. The SMILES string of the molecule is COS(=O)(=O)C(C)(C)c1ccc2sc(C(=O)Nc3cc(Cl)nc(Oc4ccc(Cl)cc4)c3)cc2c1. The molecule has 0 spiro atoms. The maximum atomic E-state index is 13.0.